The predicted molar refractivity (Wildman–Crippen MR) is 104 cm³/mol. The highest BCUT2D eigenvalue weighted by atomic mass is 32.1. The number of thiazole rings is 1. The summed E-state index contributed by atoms with van der Waals surface area (Å²) in [4.78, 5) is 21.0. The molecule has 3 aromatic rings. The van der Waals surface area contributed by atoms with Crippen molar-refractivity contribution in [1.29, 1.82) is 0 Å². The molecule has 0 spiro atoms. The van der Waals surface area contributed by atoms with Crippen LogP contribution in [0.1, 0.15) is 32.1 Å². The normalized spacial score (nSPS) is 13.5. The molecule has 0 saturated carbocycles. The average Bonchev–Trinajstić information content (AvgIpc) is 3.44. The molecular formula is C19H20N4O4S. The van der Waals surface area contributed by atoms with Crippen LogP contribution >= 0.6 is 11.3 Å². The van der Waals surface area contributed by atoms with Gasteiger partial charge < -0.3 is 30.6 Å². The molecule has 0 fully saturated rings. The topological polar surface area (TPSA) is 122 Å². The van der Waals surface area contributed by atoms with Crippen molar-refractivity contribution < 1.29 is 19.4 Å². The Kier molecular flexibility index (Phi) is 5.03. The molecule has 8 nitrogen and oxygen atoms in total. The first-order valence-corrected chi connectivity index (χ1v) is 9.57. The molecule has 0 aliphatic carbocycles. The van der Waals surface area contributed by atoms with Gasteiger partial charge in [0, 0.05) is 17.8 Å². The zero-order valence-corrected chi connectivity index (χ0v) is 16.0. The van der Waals surface area contributed by atoms with Gasteiger partial charge in [-0.2, -0.15) is 0 Å². The molecule has 146 valence electrons. The molecule has 28 heavy (non-hydrogen) atoms. The van der Waals surface area contributed by atoms with E-state index in [9.17, 15) is 9.90 Å². The van der Waals surface area contributed by atoms with E-state index in [1.165, 1.54) is 11.3 Å². The number of aryl methyl sites for hydroxylation is 1. The Morgan fingerprint density at radius 3 is 2.93 bits per heavy atom. The summed E-state index contributed by atoms with van der Waals surface area (Å²) in [5, 5.41) is 12.9. The number of ether oxygens (including phenoxy) is 2. The fourth-order valence-corrected chi connectivity index (χ4v) is 3.95. The maximum Gasteiger partial charge on any atom is 0.268 e. The third-order valence-corrected chi connectivity index (χ3v) is 5.76. The van der Waals surface area contributed by atoms with Gasteiger partial charge >= 0.3 is 0 Å². The Balaban J connectivity index is 1.50. The minimum Gasteiger partial charge on any atom is -0.454 e. The van der Waals surface area contributed by atoms with Crippen LogP contribution in [0.25, 0.3) is 11.3 Å². The van der Waals surface area contributed by atoms with E-state index in [1.807, 2.05) is 31.2 Å². The first-order valence-electron chi connectivity index (χ1n) is 8.76. The molecule has 0 radical (unpaired) electrons. The largest absolute Gasteiger partial charge is 0.454 e. The van der Waals surface area contributed by atoms with Crippen molar-refractivity contribution >= 4 is 17.2 Å². The molecule has 1 aliphatic rings. The van der Waals surface area contributed by atoms with Gasteiger partial charge in [-0.3, -0.25) is 4.79 Å². The number of amides is 1. The SMILES string of the molecule is Cc1nc(C(CN)NC(=O)c2ccc(-c3ccc4c(c3)OCO4)[nH]2)sc1CO. The summed E-state index contributed by atoms with van der Waals surface area (Å²) in [6.45, 7) is 2.17. The number of aliphatic hydroxyl groups is 1. The second-order valence-corrected chi connectivity index (χ2v) is 7.45. The molecule has 1 amide bonds. The molecule has 1 aromatic carbocycles. The number of aromatic amines is 1. The highest BCUT2D eigenvalue weighted by Gasteiger charge is 2.21. The third kappa shape index (κ3) is 3.47. The number of nitrogens with two attached hydrogens (primary N) is 1. The van der Waals surface area contributed by atoms with Crippen LogP contribution in [-0.4, -0.2) is 34.3 Å². The summed E-state index contributed by atoms with van der Waals surface area (Å²) < 4.78 is 10.7. The fraction of sp³-hybridized carbons (Fsp3) is 0.263. The highest BCUT2D eigenvalue weighted by Crippen LogP contribution is 2.35. The molecule has 1 unspecified atom stereocenters. The Morgan fingerprint density at radius 2 is 2.18 bits per heavy atom. The van der Waals surface area contributed by atoms with Crippen molar-refractivity contribution in [2.75, 3.05) is 13.3 Å². The molecular weight excluding hydrogens is 380 g/mol. The van der Waals surface area contributed by atoms with Gasteiger partial charge in [-0.1, -0.05) is 0 Å². The van der Waals surface area contributed by atoms with Crippen LogP contribution in [0.15, 0.2) is 30.3 Å². The van der Waals surface area contributed by atoms with Crippen molar-refractivity contribution in [3.63, 3.8) is 0 Å². The lowest BCUT2D eigenvalue weighted by Crippen LogP contribution is -2.33. The lowest BCUT2D eigenvalue weighted by molar-refractivity contribution is 0.0933. The second-order valence-electron chi connectivity index (χ2n) is 6.33. The van der Waals surface area contributed by atoms with Gasteiger partial charge in [-0.15, -0.1) is 11.3 Å². The standard InChI is InChI=1S/C19H20N4O4S/c1-10-17(8-24)28-19(21-10)14(7-20)23-18(25)13-4-3-12(22-13)11-2-5-15-16(6-11)27-9-26-15/h2-6,14,22,24H,7-9,20H2,1H3,(H,23,25). The number of benzene rings is 1. The van der Waals surface area contributed by atoms with Gasteiger partial charge in [0.2, 0.25) is 6.79 Å². The molecule has 2 aromatic heterocycles. The summed E-state index contributed by atoms with van der Waals surface area (Å²) in [5.41, 5.74) is 8.68. The van der Waals surface area contributed by atoms with Crippen molar-refractivity contribution in [2.45, 2.75) is 19.6 Å². The number of rotatable bonds is 6. The minimum atomic E-state index is -0.422. The quantitative estimate of drug-likeness (QED) is 0.503. The van der Waals surface area contributed by atoms with E-state index < -0.39 is 6.04 Å². The van der Waals surface area contributed by atoms with Crippen molar-refractivity contribution in [1.82, 2.24) is 15.3 Å². The number of hydrogen-bond acceptors (Lipinski definition) is 7. The summed E-state index contributed by atoms with van der Waals surface area (Å²) in [5.74, 6) is 1.11. The number of aliphatic hydroxyl groups excluding tert-OH is 1. The highest BCUT2D eigenvalue weighted by molar-refractivity contribution is 7.11. The summed E-state index contributed by atoms with van der Waals surface area (Å²) >= 11 is 1.35. The first kappa shape index (κ1) is 18.5. The predicted octanol–water partition coefficient (Wildman–Crippen LogP) is 2.10. The Labute approximate surface area is 165 Å². The van der Waals surface area contributed by atoms with Crippen LogP contribution in [0.5, 0.6) is 11.5 Å². The maximum atomic E-state index is 12.7. The minimum absolute atomic E-state index is 0.0791. The molecule has 5 N–H and O–H groups in total. The van der Waals surface area contributed by atoms with Crippen LogP contribution in [0.4, 0.5) is 0 Å². The Hall–Kier alpha value is -2.88. The smallest absolute Gasteiger partial charge is 0.268 e. The van der Waals surface area contributed by atoms with Crippen molar-refractivity contribution in [3.8, 4) is 22.8 Å². The van der Waals surface area contributed by atoms with E-state index >= 15 is 0 Å². The first-order chi connectivity index (χ1) is 13.6. The van der Waals surface area contributed by atoms with Gasteiger partial charge in [0.05, 0.1) is 23.2 Å². The van der Waals surface area contributed by atoms with Gasteiger partial charge in [0.1, 0.15) is 10.7 Å². The molecule has 4 rings (SSSR count). The number of nitrogens with zero attached hydrogens (tertiary/aromatic N) is 1. The monoisotopic (exact) mass is 400 g/mol. The number of H-pyrrole nitrogens is 1. The number of aromatic nitrogens is 2. The third-order valence-electron chi connectivity index (χ3n) is 4.51. The van der Waals surface area contributed by atoms with Crippen LogP contribution in [0.3, 0.4) is 0 Å². The van der Waals surface area contributed by atoms with E-state index in [0.717, 1.165) is 21.8 Å². The Morgan fingerprint density at radius 1 is 1.36 bits per heavy atom. The van der Waals surface area contributed by atoms with E-state index in [0.29, 0.717) is 22.2 Å². The summed E-state index contributed by atoms with van der Waals surface area (Å²) in [6, 6.07) is 8.74. The van der Waals surface area contributed by atoms with E-state index in [1.54, 1.807) is 6.07 Å². The van der Waals surface area contributed by atoms with Crippen LogP contribution in [0.2, 0.25) is 0 Å². The van der Waals surface area contributed by atoms with Gasteiger partial charge in [-0.05, 0) is 37.3 Å². The van der Waals surface area contributed by atoms with Crippen molar-refractivity contribution in [2.24, 2.45) is 5.73 Å². The average molecular weight is 400 g/mol. The molecule has 1 aliphatic heterocycles. The fourth-order valence-electron chi connectivity index (χ4n) is 2.96. The number of carbonyl (C=O) groups is 1. The zero-order valence-electron chi connectivity index (χ0n) is 15.2. The number of carbonyl (C=O) groups excluding carboxylic acids is 1. The van der Waals surface area contributed by atoms with Gasteiger partial charge in [0.25, 0.3) is 5.91 Å². The number of hydrogen-bond donors (Lipinski definition) is 4. The lowest BCUT2D eigenvalue weighted by Gasteiger charge is -2.13. The van der Waals surface area contributed by atoms with Gasteiger partial charge in [0.15, 0.2) is 11.5 Å². The summed E-state index contributed by atoms with van der Waals surface area (Å²) in [7, 11) is 0. The molecule has 1 atom stereocenters. The molecule has 0 bridgehead atoms. The van der Waals surface area contributed by atoms with Crippen LogP contribution < -0.4 is 20.5 Å². The lowest BCUT2D eigenvalue weighted by atomic mass is 10.1. The summed E-state index contributed by atoms with van der Waals surface area (Å²) in [6.07, 6.45) is 0. The van der Waals surface area contributed by atoms with E-state index in [-0.39, 0.29) is 25.9 Å². The van der Waals surface area contributed by atoms with Crippen LogP contribution in [-0.2, 0) is 6.61 Å². The second kappa shape index (κ2) is 7.63. The molecule has 9 heteroatoms. The number of fused-ring (bicyclic) bond motifs is 1. The van der Waals surface area contributed by atoms with Crippen molar-refractivity contribution in [3.05, 3.63) is 51.6 Å². The van der Waals surface area contributed by atoms with E-state index in [2.05, 4.69) is 15.3 Å². The van der Waals surface area contributed by atoms with E-state index in [4.69, 9.17) is 15.2 Å². The molecule has 3 heterocycles. The maximum absolute atomic E-state index is 12.7. The number of nitrogens with one attached hydrogen (secondary N) is 2. The molecule has 0 saturated heterocycles. The zero-order chi connectivity index (χ0) is 19.7. The van der Waals surface area contributed by atoms with Gasteiger partial charge in [-0.25, -0.2) is 4.98 Å². The van der Waals surface area contributed by atoms with Crippen LogP contribution in [0, 0.1) is 6.92 Å². The Bertz CT molecular complexity index is 1010.